The van der Waals surface area contributed by atoms with Crippen molar-refractivity contribution in [2.24, 2.45) is 0 Å². The van der Waals surface area contributed by atoms with Gasteiger partial charge in [0.05, 0.1) is 5.75 Å². The van der Waals surface area contributed by atoms with Crippen molar-refractivity contribution in [2.75, 3.05) is 6.26 Å². The van der Waals surface area contributed by atoms with Crippen molar-refractivity contribution >= 4 is 34.4 Å². The number of hydrogen-bond acceptors (Lipinski definition) is 4. The molecule has 0 aliphatic carbocycles. The van der Waals surface area contributed by atoms with Crippen LogP contribution in [0.5, 0.6) is 0 Å². The van der Waals surface area contributed by atoms with E-state index in [-0.39, 0.29) is 0 Å². The summed E-state index contributed by atoms with van der Waals surface area (Å²) < 4.78 is 5.49. The van der Waals surface area contributed by atoms with Gasteiger partial charge in [-0.15, -0.1) is 0 Å². The fourth-order valence-electron chi connectivity index (χ4n) is 0.416. The second-order valence-corrected chi connectivity index (χ2v) is 3.22. The predicted octanol–water partition coefficient (Wildman–Crippen LogP) is 1.54. The van der Waals surface area contributed by atoms with Gasteiger partial charge in [0.2, 0.25) is 9.72 Å². The first-order valence-electron chi connectivity index (χ1n) is 2.30. The Labute approximate surface area is 70.7 Å². The van der Waals surface area contributed by atoms with E-state index in [1.54, 1.807) is 11.8 Å². The molecule has 0 atom stereocenters. The van der Waals surface area contributed by atoms with Crippen LogP contribution in [0.2, 0.25) is 0 Å². The van der Waals surface area contributed by atoms with Crippen LogP contribution in [0.3, 0.4) is 0 Å². The van der Waals surface area contributed by atoms with Crippen molar-refractivity contribution in [2.45, 2.75) is 5.75 Å². The molecule has 0 radical (unpaired) electrons. The Morgan fingerprint density at radius 2 is 2.56 bits per heavy atom. The molecule has 0 fully saturated rings. The zero-order valence-electron chi connectivity index (χ0n) is 4.80. The van der Waals surface area contributed by atoms with Gasteiger partial charge >= 0.3 is 0 Å². The number of hydrogen-bond donors (Lipinski definition) is 0. The Hall–Kier alpha value is 0.220. The third kappa shape index (κ3) is 2.13. The smallest absolute Gasteiger partial charge is 0.237 e. The molecule has 0 spiro atoms. The zero-order valence-corrected chi connectivity index (χ0v) is 7.77. The largest absolute Gasteiger partial charge is 0.338 e. The lowest BCUT2D eigenvalue weighted by Gasteiger charge is -1.82. The van der Waals surface area contributed by atoms with Crippen molar-refractivity contribution in [3.8, 4) is 0 Å². The Morgan fingerprint density at radius 1 is 1.78 bits per heavy atom. The highest BCUT2D eigenvalue weighted by molar-refractivity contribution is 14.1. The van der Waals surface area contributed by atoms with Gasteiger partial charge in [0.1, 0.15) is 0 Å². The molecule has 50 valence electrons. The van der Waals surface area contributed by atoms with Gasteiger partial charge in [0, 0.05) is 22.6 Å². The lowest BCUT2D eigenvalue weighted by molar-refractivity contribution is 0.387. The number of aromatic nitrogens is 2. The van der Waals surface area contributed by atoms with Gasteiger partial charge in [-0.2, -0.15) is 16.7 Å². The van der Waals surface area contributed by atoms with E-state index in [1.165, 1.54) is 0 Å². The molecule has 0 bridgehead atoms. The molecule has 0 aromatic carbocycles. The average Bonchev–Trinajstić information content (AvgIpc) is 2.17. The quantitative estimate of drug-likeness (QED) is 0.752. The van der Waals surface area contributed by atoms with E-state index in [0.29, 0.717) is 9.72 Å². The number of thioether (sulfide) groups is 1. The Kier molecular flexibility index (Phi) is 2.77. The maximum Gasteiger partial charge on any atom is 0.237 e. The monoisotopic (exact) mass is 256 g/mol. The maximum absolute atomic E-state index is 4.82. The molecule has 1 heterocycles. The molecular formula is C4H5IN2OS. The van der Waals surface area contributed by atoms with Crippen LogP contribution in [0.4, 0.5) is 0 Å². The van der Waals surface area contributed by atoms with E-state index in [9.17, 15) is 0 Å². The summed E-state index contributed by atoms with van der Waals surface area (Å²) in [5, 5.41) is 3.62. The van der Waals surface area contributed by atoms with Crippen LogP contribution in [0.15, 0.2) is 4.52 Å². The molecule has 0 aliphatic rings. The number of nitrogens with zero attached hydrogens (tertiary/aromatic N) is 2. The Balaban J connectivity index is 2.61. The Bertz CT molecular complexity index is 190. The molecule has 1 aromatic heterocycles. The van der Waals surface area contributed by atoms with Crippen LogP contribution >= 0.6 is 34.4 Å². The van der Waals surface area contributed by atoms with E-state index in [0.717, 1.165) is 5.75 Å². The summed E-state index contributed by atoms with van der Waals surface area (Å²) in [6.45, 7) is 0. The van der Waals surface area contributed by atoms with Gasteiger partial charge in [-0.1, -0.05) is 5.16 Å². The lowest BCUT2D eigenvalue weighted by atomic mass is 10.8. The molecule has 5 heteroatoms. The molecule has 0 saturated heterocycles. The fraction of sp³-hybridized carbons (Fsp3) is 0.500. The maximum atomic E-state index is 4.82. The molecule has 0 unspecified atom stereocenters. The van der Waals surface area contributed by atoms with Crippen molar-refractivity contribution in [1.82, 2.24) is 10.1 Å². The van der Waals surface area contributed by atoms with Gasteiger partial charge in [0.25, 0.3) is 0 Å². The molecule has 0 N–H and O–H groups in total. The highest BCUT2D eigenvalue weighted by Gasteiger charge is 1.99. The fourth-order valence-corrected chi connectivity index (χ4v) is 1.15. The van der Waals surface area contributed by atoms with Gasteiger partial charge in [-0.25, -0.2) is 0 Å². The first kappa shape index (κ1) is 7.33. The topological polar surface area (TPSA) is 38.9 Å². The molecule has 0 aliphatic heterocycles. The summed E-state index contributed by atoms with van der Waals surface area (Å²) in [6.07, 6.45) is 2.00. The predicted molar refractivity (Wildman–Crippen MR) is 44.2 cm³/mol. The number of halogens is 1. The molecule has 1 rings (SSSR count). The van der Waals surface area contributed by atoms with Crippen LogP contribution in [-0.2, 0) is 5.75 Å². The summed E-state index contributed by atoms with van der Waals surface area (Å²) in [7, 11) is 0. The number of rotatable bonds is 2. The molecule has 1 aromatic rings. The molecule has 0 amide bonds. The lowest BCUT2D eigenvalue weighted by Crippen LogP contribution is -1.77. The van der Waals surface area contributed by atoms with Gasteiger partial charge in [-0.05, 0) is 6.26 Å². The van der Waals surface area contributed by atoms with E-state index in [1.807, 2.05) is 28.8 Å². The summed E-state index contributed by atoms with van der Waals surface area (Å²) >= 11 is 3.68. The summed E-state index contributed by atoms with van der Waals surface area (Å²) in [5.41, 5.74) is 0. The SMILES string of the molecule is CSCc1nc(I)no1. The van der Waals surface area contributed by atoms with E-state index in [4.69, 9.17) is 4.52 Å². The highest BCUT2D eigenvalue weighted by Crippen LogP contribution is 2.06. The Morgan fingerprint density at radius 3 is 3.00 bits per heavy atom. The molecule has 0 saturated carbocycles. The summed E-state index contributed by atoms with van der Waals surface area (Å²) in [6, 6.07) is 0. The van der Waals surface area contributed by atoms with Crippen LogP contribution in [0, 0.1) is 3.83 Å². The van der Waals surface area contributed by atoms with E-state index in [2.05, 4.69) is 10.1 Å². The van der Waals surface area contributed by atoms with Crippen LogP contribution in [-0.4, -0.2) is 16.4 Å². The minimum atomic E-state index is 0.677. The molecular weight excluding hydrogens is 251 g/mol. The average molecular weight is 256 g/mol. The molecule has 9 heavy (non-hydrogen) atoms. The van der Waals surface area contributed by atoms with Crippen molar-refractivity contribution in [3.05, 3.63) is 9.72 Å². The zero-order chi connectivity index (χ0) is 6.69. The van der Waals surface area contributed by atoms with Gasteiger partial charge in [-0.3, -0.25) is 0 Å². The van der Waals surface area contributed by atoms with Crippen molar-refractivity contribution in [3.63, 3.8) is 0 Å². The van der Waals surface area contributed by atoms with Crippen LogP contribution < -0.4 is 0 Å². The molecule has 3 nitrogen and oxygen atoms in total. The van der Waals surface area contributed by atoms with Crippen molar-refractivity contribution < 1.29 is 4.52 Å². The first-order valence-corrected chi connectivity index (χ1v) is 4.77. The third-order valence-corrected chi connectivity index (χ3v) is 1.68. The van der Waals surface area contributed by atoms with E-state index < -0.39 is 0 Å². The first-order chi connectivity index (χ1) is 4.33. The minimum Gasteiger partial charge on any atom is -0.338 e. The standard InChI is InChI=1S/C4H5IN2OS/c1-9-2-3-6-4(5)7-8-3/h2H2,1H3. The minimum absolute atomic E-state index is 0.677. The highest BCUT2D eigenvalue weighted by atomic mass is 127. The summed E-state index contributed by atoms with van der Waals surface area (Å²) in [4.78, 5) is 3.99. The van der Waals surface area contributed by atoms with E-state index >= 15 is 0 Å². The van der Waals surface area contributed by atoms with Crippen molar-refractivity contribution in [1.29, 1.82) is 0 Å². The second kappa shape index (κ2) is 3.40. The van der Waals surface area contributed by atoms with Gasteiger partial charge < -0.3 is 4.52 Å². The second-order valence-electron chi connectivity index (χ2n) is 1.39. The normalized spacial score (nSPS) is 10.0. The van der Waals surface area contributed by atoms with Gasteiger partial charge in [0.15, 0.2) is 0 Å². The third-order valence-electron chi connectivity index (χ3n) is 0.711. The summed E-state index contributed by atoms with van der Waals surface area (Å²) in [5.74, 6) is 1.50. The van der Waals surface area contributed by atoms with Crippen LogP contribution in [0.25, 0.3) is 0 Å². The van der Waals surface area contributed by atoms with Crippen LogP contribution in [0.1, 0.15) is 5.89 Å².